The number of amides is 1. The summed E-state index contributed by atoms with van der Waals surface area (Å²) in [6, 6.07) is 10.3. The Morgan fingerprint density at radius 2 is 1.97 bits per heavy atom. The number of hydrogen-bond acceptors (Lipinski definition) is 7. The van der Waals surface area contributed by atoms with Crippen LogP contribution in [-0.4, -0.2) is 40.6 Å². The number of halogens is 1. The standard InChI is InChI=1S/C24H20ClN3O5S/c25-18-4-3-17(12-20(18)28(30)31)19-13-34-24(26-19)16-7-9-27(10-8-16)23(29)6-2-15-1-5-21-22(11-15)33-14-32-21/h1-6,11-13,16H,7-10,14H2. The van der Waals surface area contributed by atoms with E-state index in [0.717, 1.165) is 23.4 Å². The summed E-state index contributed by atoms with van der Waals surface area (Å²) >= 11 is 7.46. The molecule has 5 rings (SSSR count). The summed E-state index contributed by atoms with van der Waals surface area (Å²) in [4.78, 5) is 29.9. The van der Waals surface area contributed by atoms with Gasteiger partial charge in [-0.2, -0.15) is 0 Å². The van der Waals surface area contributed by atoms with E-state index < -0.39 is 4.92 Å². The van der Waals surface area contributed by atoms with Crippen LogP contribution in [0.2, 0.25) is 5.02 Å². The van der Waals surface area contributed by atoms with E-state index in [9.17, 15) is 14.9 Å². The van der Waals surface area contributed by atoms with Gasteiger partial charge in [-0.05, 0) is 42.7 Å². The van der Waals surface area contributed by atoms with Crippen molar-refractivity contribution in [3.05, 3.63) is 73.6 Å². The van der Waals surface area contributed by atoms with E-state index in [-0.39, 0.29) is 29.3 Å². The third kappa shape index (κ3) is 4.62. The van der Waals surface area contributed by atoms with E-state index in [1.165, 1.54) is 12.1 Å². The van der Waals surface area contributed by atoms with Crippen molar-refractivity contribution in [3.8, 4) is 22.8 Å². The highest BCUT2D eigenvalue weighted by Crippen LogP contribution is 2.36. The second kappa shape index (κ2) is 9.44. The van der Waals surface area contributed by atoms with Gasteiger partial charge in [0.25, 0.3) is 5.69 Å². The van der Waals surface area contributed by atoms with Crippen LogP contribution in [0, 0.1) is 10.1 Å². The lowest BCUT2D eigenvalue weighted by Crippen LogP contribution is -2.36. The molecule has 0 unspecified atom stereocenters. The molecule has 1 fully saturated rings. The third-order valence-corrected chi connectivity index (χ3v) is 7.26. The number of rotatable bonds is 5. The van der Waals surface area contributed by atoms with Crippen LogP contribution in [0.1, 0.15) is 29.3 Å². The Balaban J connectivity index is 1.19. The van der Waals surface area contributed by atoms with Crippen molar-refractivity contribution in [1.29, 1.82) is 0 Å². The monoisotopic (exact) mass is 497 g/mol. The number of thiazole rings is 1. The van der Waals surface area contributed by atoms with Gasteiger partial charge in [-0.25, -0.2) is 4.98 Å². The molecule has 0 N–H and O–H groups in total. The van der Waals surface area contributed by atoms with Crippen molar-refractivity contribution in [2.75, 3.05) is 19.9 Å². The van der Waals surface area contributed by atoms with E-state index >= 15 is 0 Å². The lowest BCUT2D eigenvalue weighted by atomic mass is 9.97. The average molecular weight is 498 g/mol. The van der Waals surface area contributed by atoms with Gasteiger partial charge in [0.2, 0.25) is 12.7 Å². The van der Waals surface area contributed by atoms with Crippen molar-refractivity contribution in [2.24, 2.45) is 0 Å². The second-order valence-corrected chi connectivity index (χ2v) is 9.34. The number of ether oxygens (including phenoxy) is 2. The highest BCUT2D eigenvalue weighted by molar-refractivity contribution is 7.10. The Morgan fingerprint density at radius 3 is 2.76 bits per heavy atom. The molecule has 1 saturated heterocycles. The summed E-state index contributed by atoms with van der Waals surface area (Å²) < 4.78 is 10.7. The molecule has 10 heteroatoms. The van der Waals surface area contributed by atoms with Crippen molar-refractivity contribution in [2.45, 2.75) is 18.8 Å². The van der Waals surface area contributed by atoms with Crippen LogP contribution in [0.15, 0.2) is 47.9 Å². The molecule has 0 saturated carbocycles. The number of hydrogen-bond donors (Lipinski definition) is 0. The van der Waals surface area contributed by atoms with Gasteiger partial charge >= 0.3 is 0 Å². The smallest absolute Gasteiger partial charge is 0.288 e. The minimum atomic E-state index is -0.493. The molecule has 3 aromatic rings. The lowest BCUT2D eigenvalue weighted by Gasteiger charge is -2.30. The van der Waals surface area contributed by atoms with Gasteiger partial charge in [0.15, 0.2) is 11.5 Å². The molecule has 0 aliphatic carbocycles. The fourth-order valence-corrected chi connectivity index (χ4v) is 5.24. The molecule has 2 aliphatic rings. The summed E-state index contributed by atoms with van der Waals surface area (Å²) in [6.07, 6.45) is 5.01. The fourth-order valence-electron chi connectivity index (χ4n) is 4.06. The van der Waals surface area contributed by atoms with Gasteiger partial charge in [0, 0.05) is 42.1 Å². The number of fused-ring (bicyclic) bond motifs is 1. The van der Waals surface area contributed by atoms with Crippen LogP contribution < -0.4 is 9.47 Å². The number of nitro benzene ring substituents is 1. The van der Waals surface area contributed by atoms with E-state index in [0.29, 0.717) is 35.8 Å². The highest BCUT2D eigenvalue weighted by Gasteiger charge is 2.25. The number of benzene rings is 2. The van der Waals surface area contributed by atoms with Gasteiger partial charge in [0.05, 0.1) is 15.6 Å². The number of aromatic nitrogens is 1. The van der Waals surface area contributed by atoms with Gasteiger partial charge in [-0.3, -0.25) is 14.9 Å². The summed E-state index contributed by atoms with van der Waals surface area (Å²) in [5, 5.41) is 14.2. The number of piperidine rings is 1. The first-order valence-corrected chi connectivity index (χ1v) is 12.0. The fraction of sp³-hybridized carbons (Fsp3) is 0.250. The topological polar surface area (TPSA) is 94.8 Å². The molecule has 0 radical (unpaired) electrons. The minimum Gasteiger partial charge on any atom is -0.454 e. The lowest BCUT2D eigenvalue weighted by molar-refractivity contribution is -0.384. The molecule has 3 heterocycles. The molecular formula is C24H20ClN3O5S. The van der Waals surface area contributed by atoms with Crippen LogP contribution in [0.25, 0.3) is 17.3 Å². The SMILES string of the molecule is O=C(C=Cc1ccc2c(c1)OCO2)N1CCC(c2nc(-c3ccc(Cl)c([N+](=O)[O-])c3)cs2)CC1. The highest BCUT2D eigenvalue weighted by atomic mass is 35.5. The zero-order valence-electron chi connectivity index (χ0n) is 18.0. The van der Waals surface area contributed by atoms with E-state index in [1.54, 1.807) is 29.6 Å². The predicted octanol–water partition coefficient (Wildman–Crippen LogP) is 5.52. The number of nitro groups is 1. The largest absolute Gasteiger partial charge is 0.454 e. The molecule has 8 nitrogen and oxygen atoms in total. The van der Waals surface area contributed by atoms with Crippen LogP contribution in [0.3, 0.4) is 0 Å². The van der Waals surface area contributed by atoms with Crippen LogP contribution in [0.5, 0.6) is 11.5 Å². The zero-order chi connectivity index (χ0) is 23.7. The Hall–Kier alpha value is -3.43. The Morgan fingerprint density at radius 1 is 1.18 bits per heavy atom. The molecule has 34 heavy (non-hydrogen) atoms. The van der Waals surface area contributed by atoms with E-state index in [1.807, 2.05) is 28.5 Å². The second-order valence-electron chi connectivity index (χ2n) is 8.04. The molecule has 1 amide bonds. The third-order valence-electron chi connectivity index (χ3n) is 5.93. The summed E-state index contributed by atoms with van der Waals surface area (Å²) in [7, 11) is 0. The van der Waals surface area contributed by atoms with Crippen LogP contribution >= 0.6 is 22.9 Å². The maximum Gasteiger partial charge on any atom is 0.288 e. The average Bonchev–Trinajstić information content (AvgIpc) is 3.52. The summed E-state index contributed by atoms with van der Waals surface area (Å²) in [6.45, 7) is 1.52. The van der Waals surface area contributed by atoms with Crippen molar-refractivity contribution >= 4 is 40.6 Å². The summed E-state index contributed by atoms with van der Waals surface area (Å²) in [5.41, 5.74) is 2.12. The quantitative estimate of drug-likeness (QED) is 0.261. The Kier molecular flexibility index (Phi) is 6.21. The normalized spacial score (nSPS) is 15.7. The predicted molar refractivity (Wildman–Crippen MR) is 129 cm³/mol. The maximum absolute atomic E-state index is 12.7. The van der Waals surface area contributed by atoms with Gasteiger partial charge in [-0.1, -0.05) is 23.7 Å². The number of carbonyl (C=O) groups is 1. The van der Waals surface area contributed by atoms with Gasteiger partial charge in [0.1, 0.15) is 5.02 Å². The first kappa shape index (κ1) is 22.4. The van der Waals surface area contributed by atoms with E-state index in [4.69, 9.17) is 26.1 Å². The minimum absolute atomic E-state index is 0.0237. The number of nitrogens with zero attached hydrogens (tertiary/aromatic N) is 3. The molecule has 2 aromatic carbocycles. The Bertz CT molecular complexity index is 1280. The first-order valence-electron chi connectivity index (χ1n) is 10.7. The number of carbonyl (C=O) groups excluding carboxylic acids is 1. The first-order chi connectivity index (χ1) is 16.5. The molecule has 1 aromatic heterocycles. The Labute approximate surface area is 204 Å². The molecule has 0 spiro atoms. The molecular weight excluding hydrogens is 478 g/mol. The molecule has 2 aliphatic heterocycles. The number of likely N-dealkylation sites (tertiary alicyclic amines) is 1. The van der Waals surface area contributed by atoms with Crippen molar-refractivity contribution in [3.63, 3.8) is 0 Å². The maximum atomic E-state index is 12.7. The van der Waals surface area contributed by atoms with Gasteiger partial charge in [-0.15, -0.1) is 11.3 Å². The zero-order valence-corrected chi connectivity index (χ0v) is 19.6. The van der Waals surface area contributed by atoms with Crippen molar-refractivity contribution in [1.82, 2.24) is 9.88 Å². The summed E-state index contributed by atoms with van der Waals surface area (Å²) in [5.74, 6) is 1.63. The van der Waals surface area contributed by atoms with Crippen molar-refractivity contribution < 1.29 is 19.2 Å². The van der Waals surface area contributed by atoms with Crippen LogP contribution in [-0.2, 0) is 4.79 Å². The van der Waals surface area contributed by atoms with E-state index in [2.05, 4.69) is 0 Å². The molecule has 0 atom stereocenters. The van der Waals surface area contributed by atoms with Gasteiger partial charge < -0.3 is 14.4 Å². The molecule has 174 valence electrons. The molecule has 0 bridgehead atoms. The van der Waals surface area contributed by atoms with Crippen LogP contribution in [0.4, 0.5) is 5.69 Å².